The van der Waals surface area contributed by atoms with Gasteiger partial charge in [-0.3, -0.25) is 9.59 Å². The minimum atomic E-state index is -1.77. The van der Waals surface area contributed by atoms with Crippen LogP contribution in [-0.4, -0.2) is 142 Å². The van der Waals surface area contributed by atoms with Gasteiger partial charge >= 0.3 is 11.9 Å². The van der Waals surface area contributed by atoms with Crippen LogP contribution in [0.3, 0.4) is 0 Å². The molecule has 0 saturated carbocycles. The molecule has 0 bridgehead atoms. The molecule has 11 atom stereocenters. The lowest BCUT2D eigenvalue weighted by Crippen LogP contribution is -2.61. The van der Waals surface area contributed by atoms with E-state index < -0.39 is 92.7 Å². The maximum absolute atomic E-state index is 13.0. The predicted molar refractivity (Wildman–Crippen MR) is 247 cm³/mol. The van der Waals surface area contributed by atoms with E-state index in [0.717, 1.165) is 57.8 Å². The van der Waals surface area contributed by atoms with Crippen molar-refractivity contribution in [2.75, 3.05) is 26.4 Å². The first kappa shape index (κ1) is 59.1. The highest BCUT2D eigenvalue weighted by atomic mass is 16.7. The molecule has 2 aliphatic rings. The molecule has 0 aromatic carbocycles. The number of allylic oxidation sites excluding steroid dienone is 4. The van der Waals surface area contributed by atoms with E-state index in [2.05, 4.69) is 38.2 Å². The Morgan fingerprint density at radius 3 is 1.38 bits per heavy atom. The highest BCUT2D eigenvalue weighted by Crippen LogP contribution is 2.26. The van der Waals surface area contributed by atoms with E-state index in [-0.39, 0.29) is 26.1 Å². The van der Waals surface area contributed by atoms with Crippen molar-refractivity contribution >= 4 is 11.9 Å². The van der Waals surface area contributed by atoms with Crippen LogP contribution in [0.5, 0.6) is 0 Å². The summed E-state index contributed by atoms with van der Waals surface area (Å²) in [5.74, 6) is -0.957. The summed E-state index contributed by atoms with van der Waals surface area (Å²) in [6.45, 7) is 2.55. The third-order valence-electron chi connectivity index (χ3n) is 12.2. The van der Waals surface area contributed by atoms with Gasteiger partial charge in [-0.1, -0.05) is 134 Å². The summed E-state index contributed by atoms with van der Waals surface area (Å²) in [4.78, 5) is 25.7. The zero-order chi connectivity index (χ0) is 47.5. The third-order valence-corrected chi connectivity index (χ3v) is 12.2. The Balaban J connectivity index is 1.83. The minimum Gasteiger partial charge on any atom is -0.462 e. The number of carbonyl (C=O) groups is 2. The summed E-state index contributed by atoms with van der Waals surface area (Å²) < 4.78 is 33.5. The van der Waals surface area contributed by atoms with Gasteiger partial charge in [-0.2, -0.15) is 0 Å². The smallest absolute Gasteiger partial charge is 0.306 e. The van der Waals surface area contributed by atoms with E-state index in [9.17, 15) is 45.3 Å². The molecular formula is C50H90O15. The summed E-state index contributed by atoms with van der Waals surface area (Å²) in [5, 5.41) is 72.0. The highest BCUT2D eigenvalue weighted by Gasteiger charge is 2.47. The SMILES string of the molecule is CCCCCCC/C=C/CCCCCCCC(=O)O[C@H](COC(=O)CCCC/C=C/CCCCCCCCCCC)CO[C@@H]1O[C@H](CO[C@@H]2O[C@H](CO)[C@H](O)C(O)C2O)[C@H](O)C(O)C1O. The second-order valence-electron chi connectivity index (χ2n) is 18.0. The minimum absolute atomic E-state index is 0.153. The van der Waals surface area contributed by atoms with Crippen LogP contribution in [0.2, 0.25) is 0 Å². The first-order valence-electron chi connectivity index (χ1n) is 25.4. The summed E-state index contributed by atoms with van der Waals surface area (Å²) in [5.41, 5.74) is 0. The van der Waals surface area contributed by atoms with Gasteiger partial charge in [-0.05, 0) is 64.2 Å². The van der Waals surface area contributed by atoms with Crippen LogP contribution in [0, 0.1) is 0 Å². The van der Waals surface area contributed by atoms with Gasteiger partial charge in [0.25, 0.3) is 0 Å². The molecule has 15 nitrogen and oxygen atoms in total. The molecule has 2 fully saturated rings. The average Bonchev–Trinajstić information content (AvgIpc) is 3.30. The van der Waals surface area contributed by atoms with E-state index in [0.29, 0.717) is 12.8 Å². The number of rotatable bonds is 39. The molecule has 0 spiro atoms. The zero-order valence-corrected chi connectivity index (χ0v) is 40.0. The molecule has 65 heavy (non-hydrogen) atoms. The van der Waals surface area contributed by atoms with Crippen LogP contribution >= 0.6 is 0 Å². The molecule has 4 unspecified atom stereocenters. The summed E-state index contributed by atoms with van der Waals surface area (Å²) in [6, 6.07) is 0. The molecule has 2 heterocycles. The Bertz CT molecular complexity index is 1230. The van der Waals surface area contributed by atoms with Gasteiger partial charge in [-0.15, -0.1) is 0 Å². The second-order valence-corrected chi connectivity index (χ2v) is 18.0. The molecule has 0 radical (unpaired) electrons. The number of esters is 2. The maximum atomic E-state index is 13.0. The van der Waals surface area contributed by atoms with Crippen molar-refractivity contribution in [3.05, 3.63) is 24.3 Å². The van der Waals surface area contributed by atoms with Gasteiger partial charge in [0.1, 0.15) is 55.4 Å². The van der Waals surface area contributed by atoms with Crippen LogP contribution < -0.4 is 0 Å². The standard InChI is InChI=1S/C50H90O15/c1-3-5-7-9-11-13-15-17-19-21-22-24-26-28-30-32-41(52)60-35-38(63-42(53)33-31-29-27-25-23-20-18-16-14-12-10-8-6-4-2)36-61-49-48(59)46(57)44(55)40(65-49)37-62-50-47(58)45(56)43(54)39(34-51)64-50/h16,18,22,24,38-40,43-51,54-59H,3-15,17,19-21,23,25-37H2,1-2H3/b18-16+,24-22+/t38-,39-,40-,43+,44+,45?,46?,47?,48?,49-,50-/m1/s1. The lowest BCUT2D eigenvalue weighted by molar-refractivity contribution is -0.332. The van der Waals surface area contributed by atoms with Crippen LogP contribution in [0.15, 0.2) is 24.3 Å². The van der Waals surface area contributed by atoms with Crippen molar-refractivity contribution in [1.29, 1.82) is 0 Å². The molecular weight excluding hydrogens is 841 g/mol. The molecule has 0 aromatic rings. The number of aliphatic hydroxyl groups excluding tert-OH is 7. The molecule has 380 valence electrons. The summed E-state index contributed by atoms with van der Waals surface area (Å²) in [7, 11) is 0. The fourth-order valence-corrected chi connectivity index (χ4v) is 7.91. The summed E-state index contributed by atoms with van der Waals surface area (Å²) >= 11 is 0. The van der Waals surface area contributed by atoms with E-state index >= 15 is 0 Å². The number of hydrogen-bond acceptors (Lipinski definition) is 15. The Labute approximate surface area is 390 Å². The molecule has 0 aromatic heterocycles. The Hall–Kier alpha value is -2.02. The third kappa shape index (κ3) is 26.4. The Kier molecular flexibility index (Phi) is 34.5. The number of carbonyl (C=O) groups excluding carboxylic acids is 2. The molecule has 15 heteroatoms. The molecule has 2 saturated heterocycles. The number of ether oxygens (including phenoxy) is 6. The van der Waals surface area contributed by atoms with Crippen molar-refractivity contribution < 1.29 is 73.8 Å². The monoisotopic (exact) mass is 931 g/mol. The number of unbranched alkanes of at least 4 members (excludes halogenated alkanes) is 21. The molecule has 0 amide bonds. The maximum Gasteiger partial charge on any atom is 0.306 e. The van der Waals surface area contributed by atoms with Crippen LogP contribution in [-0.2, 0) is 38.0 Å². The second kappa shape index (κ2) is 37.9. The van der Waals surface area contributed by atoms with Crippen molar-refractivity contribution in [3.8, 4) is 0 Å². The van der Waals surface area contributed by atoms with E-state index in [1.165, 1.54) is 89.9 Å². The lowest BCUT2D eigenvalue weighted by Gasteiger charge is -2.42. The van der Waals surface area contributed by atoms with Crippen LogP contribution in [0.25, 0.3) is 0 Å². The van der Waals surface area contributed by atoms with Gasteiger partial charge in [0, 0.05) is 12.8 Å². The van der Waals surface area contributed by atoms with Gasteiger partial charge in [0.15, 0.2) is 18.7 Å². The average molecular weight is 931 g/mol. The van der Waals surface area contributed by atoms with Crippen molar-refractivity contribution in [3.63, 3.8) is 0 Å². The largest absolute Gasteiger partial charge is 0.462 e. The first-order valence-corrected chi connectivity index (χ1v) is 25.4. The fraction of sp³-hybridized carbons (Fsp3) is 0.880. The molecule has 2 rings (SSSR count). The molecule has 0 aliphatic carbocycles. The van der Waals surface area contributed by atoms with Gasteiger partial charge in [-0.25, -0.2) is 0 Å². The Morgan fingerprint density at radius 2 is 0.877 bits per heavy atom. The van der Waals surface area contributed by atoms with Gasteiger partial charge < -0.3 is 64.2 Å². The predicted octanol–water partition coefficient (Wildman–Crippen LogP) is 6.77. The highest BCUT2D eigenvalue weighted by molar-refractivity contribution is 5.70. The van der Waals surface area contributed by atoms with Gasteiger partial charge in [0.05, 0.1) is 19.8 Å². The normalized spacial score (nSPS) is 26.5. The van der Waals surface area contributed by atoms with Gasteiger partial charge in [0.2, 0.25) is 0 Å². The van der Waals surface area contributed by atoms with Crippen molar-refractivity contribution in [2.45, 2.75) is 255 Å². The van der Waals surface area contributed by atoms with E-state index in [1.807, 2.05) is 0 Å². The van der Waals surface area contributed by atoms with Crippen LogP contribution in [0.1, 0.15) is 187 Å². The summed E-state index contributed by atoms with van der Waals surface area (Å²) in [6.07, 6.45) is 20.7. The molecule has 2 aliphatic heterocycles. The zero-order valence-electron chi connectivity index (χ0n) is 40.0. The molecule has 7 N–H and O–H groups in total. The first-order chi connectivity index (χ1) is 31.5. The quantitative estimate of drug-likeness (QED) is 0.0192. The van der Waals surface area contributed by atoms with Crippen molar-refractivity contribution in [1.82, 2.24) is 0 Å². The van der Waals surface area contributed by atoms with Crippen molar-refractivity contribution in [2.24, 2.45) is 0 Å². The fourth-order valence-electron chi connectivity index (χ4n) is 7.91. The van der Waals surface area contributed by atoms with E-state index in [4.69, 9.17) is 28.4 Å². The van der Waals surface area contributed by atoms with Crippen LogP contribution in [0.4, 0.5) is 0 Å². The lowest BCUT2D eigenvalue weighted by atomic mass is 9.98. The number of hydrogen-bond donors (Lipinski definition) is 7. The van der Waals surface area contributed by atoms with E-state index in [1.54, 1.807) is 0 Å². The number of aliphatic hydroxyl groups is 7. The topological polar surface area (TPSA) is 231 Å². The Morgan fingerprint density at radius 1 is 0.477 bits per heavy atom.